The zero-order chi connectivity index (χ0) is 15.2. The molecule has 0 fully saturated rings. The van der Waals surface area contributed by atoms with E-state index in [2.05, 4.69) is 15.0 Å². The number of anilines is 1. The van der Waals surface area contributed by atoms with Gasteiger partial charge in [-0.05, 0) is 29.9 Å². The average molecular weight is 325 g/mol. The van der Waals surface area contributed by atoms with Crippen LogP contribution in [0, 0.1) is 6.92 Å². The zero-order valence-electron chi connectivity index (χ0n) is 11.6. The number of rotatable bonds is 6. The van der Waals surface area contributed by atoms with Gasteiger partial charge in [0.05, 0.1) is 12.2 Å². The van der Waals surface area contributed by atoms with E-state index in [0.29, 0.717) is 22.8 Å². The van der Waals surface area contributed by atoms with Crippen LogP contribution in [0.4, 0.5) is 5.00 Å². The van der Waals surface area contributed by atoms with Crippen LogP contribution in [0.2, 0.25) is 0 Å². The van der Waals surface area contributed by atoms with Crippen molar-refractivity contribution in [2.24, 2.45) is 0 Å². The van der Waals surface area contributed by atoms with E-state index in [1.54, 1.807) is 25.3 Å². The lowest BCUT2D eigenvalue weighted by molar-refractivity contribution is -0.124. The monoisotopic (exact) mass is 325 g/mol. The number of aromatic nitrogens is 1. The summed E-state index contributed by atoms with van der Waals surface area (Å²) in [6, 6.07) is 3.84. The molecule has 8 heteroatoms. The summed E-state index contributed by atoms with van der Waals surface area (Å²) in [7, 11) is 1.71. The van der Waals surface area contributed by atoms with Gasteiger partial charge in [-0.2, -0.15) is 4.37 Å². The van der Waals surface area contributed by atoms with Crippen molar-refractivity contribution in [2.45, 2.75) is 13.5 Å². The summed E-state index contributed by atoms with van der Waals surface area (Å²) < 4.78 is 9.11. The van der Waals surface area contributed by atoms with Gasteiger partial charge in [0.1, 0.15) is 10.6 Å². The fourth-order valence-electron chi connectivity index (χ4n) is 1.63. The minimum Gasteiger partial charge on any atom is -0.452 e. The summed E-state index contributed by atoms with van der Waals surface area (Å²) in [5, 5.41) is 8.15. The predicted octanol–water partition coefficient (Wildman–Crippen LogP) is 2.03. The van der Waals surface area contributed by atoms with Crippen LogP contribution in [0.1, 0.15) is 20.9 Å². The number of carbonyl (C=O) groups excluding carboxylic acids is 2. The van der Waals surface area contributed by atoms with Crippen LogP contribution >= 0.6 is 22.9 Å². The van der Waals surface area contributed by atoms with Crippen molar-refractivity contribution in [3.63, 3.8) is 0 Å². The fourth-order valence-corrected chi connectivity index (χ4v) is 3.01. The van der Waals surface area contributed by atoms with E-state index in [1.807, 2.05) is 17.5 Å². The first-order chi connectivity index (χ1) is 10.1. The van der Waals surface area contributed by atoms with Crippen LogP contribution in [-0.4, -0.2) is 29.9 Å². The Morgan fingerprint density at radius 1 is 1.43 bits per heavy atom. The molecule has 0 unspecified atom stereocenters. The third kappa shape index (κ3) is 4.02. The second kappa shape index (κ2) is 7.19. The highest BCUT2D eigenvalue weighted by Gasteiger charge is 2.20. The van der Waals surface area contributed by atoms with Crippen molar-refractivity contribution >= 4 is 39.7 Å². The first kappa shape index (κ1) is 15.5. The van der Waals surface area contributed by atoms with E-state index in [9.17, 15) is 9.59 Å². The lowest BCUT2D eigenvalue weighted by Crippen LogP contribution is -2.28. The first-order valence-corrected chi connectivity index (χ1v) is 7.87. The number of amides is 1. The Balaban J connectivity index is 1.83. The highest BCUT2D eigenvalue weighted by atomic mass is 32.1. The minimum absolute atomic E-state index is 0.303. The molecule has 2 aromatic heterocycles. The highest BCUT2D eigenvalue weighted by Crippen LogP contribution is 2.24. The van der Waals surface area contributed by atoms with Crippen LogP contribution in [0.3, 0.4) is 0 Å². The number of nitrogens with one attached hydrogen (secondary N) is 2. The molecule has 6 nitrogen and oxygen atoms in total. The number of aryl methyl sites for hydroxylation is 1. The SMILES string of the molecule is CNc1snc(C)c1C(=O)OCC(=O)NCc1cccs1. The molecule has 0 atom stereocenters. The Morgan fingerprint density at radius 3 is 2.90 bits per heavy atom. The molecule has 2 rings (SSSR count). The molecule has 0 aliphatic carbocycles. The van der Waals surface area contributed by atoms with E-state index in [0.717, 1.165) is 4.88 Å². The lowest BCUT2D eigenvalue weighted by Gasteiger charge is -2.06. The maximum absolute atomic E-state index is 12.0. The predicted molar refractivity (Wildman–Crippen MR) is 82.8 cm³/mol. The summed E-state index contributed by atoms with van der Waals surface area (Å²) in [5.74, 6) is -0.875. The van der Waals surface area contributed by atoms with Crippen molar-refractivity contribution in [1.29, 1.82) is 0 Å². The first-order valence-electron chi connectivity index (χ1n) is 6.22. The second-order valence-electron chi connectivity index (χ2n) is 4.15. The van der Waals surface area contributed by atoms with Crippen molar-refractivity contribution in [2.75, 3.05) is 19.0 Å². The van der Waals surface area contributed by atoms with Crippen molar-refractivity contribution in [3.8, 4) is 0 Å². The van der Waals surface area contributed by atoms with Crippen molar-refractivity contribution in [3.05, 3.63) is 33.6 Å². The van der Waals surface area contributed by atoms with Gasteiger partial charge in [-0.25, -0.2) is 4.79 Å². The average Bonchev–Trinajstić information content (AvgIpc) is 3.11. The van der Waals surface area contributed by atoms with Gasteiger partial charge in [0, 0.05) is 11.9 Å². The number of nitrogens with zero attached hydrogens (tertiary/aromatic N) is 1. The Labute approximate surface area is 130 Å². The minimum atomic E-state index is -0.545. The highest BCUT2D eigenvalue weighted by molar-refractivity contribution is 7.10. The van der Waals surface area contributed by atoms with Gasteiger partial charge >= 0.3 is 5.97 Å². The number of ether oxygens (including phenoxy) is 1. The summed E-state index contributed by atoms with van der Waals surface area (Å²) in [6.07, 6.45) is 0. The van der Waals surface area contributed by atoms with Gasteiger partial charge in [-0.1, -0.05) is 6.07 Å². The Bertz CT molecular complexity index is 623. The number of esters is 1. The molecule has 0 aromatic carbocycles. The maximum atomic E-state index is 12.0. The molecule has 0 spiro atoms. The van der Waals surface area contributed by atoms with Crippen LogP contribution in [0.25, 0.3) is 0 Å². The second-order valence-corrected chi connectivity index (χ2v) is 5.96. The van der Waals surface area contributed by atoms with Gasteiger partial charge in [0.2, 0.25) is 0 Å². The van der Waals surface area contributed by atoms with Crippen LogP contribution < -0.4 is 10.6 Å². The largest absolute Gasteiger partial charge is 0.452 e. The Hall–Kier alpha value is -1.93. The maximum Gasteiger partial charge on any atom is 0.343 e. The van der Waals surface area contributed by atoms with E-state index in [4.69, 9.17) is 4.74 Å². The van der Waals surface area contributed by atoms with Crippen LogP contribution in [-0.2, 0) is 16.1 Å². The van der Waals surface area contributed by atoms with Crippen molar-refractivity contribution < 1.29 is 14.3 Å². The molecular formula is C13H15N3O3S2. The van der Waals surface area contributed by atoms with Crippen LogP contribution in [0.5, 0.6) is 0 Å². The summed E-state index contributed by atoms with van der Waals surface area (Å²) in [6.45, 7) is 1.86. The lowest BCUT2D eigenvalue weighted by atomic mass is 10.2. The van der Waals surface area contributed by atoms with Gasteiger partial charge in [-0.3, -0.25) is 4.79 Å². The summed E-state index contributed by atoms with van der Waals surface area (Å²) >= 11 is 2.74. The molecule has 2 aromatic rings. The molecule has 2 N–H and O–H groups in total. The molecule has 112 valence electrons. The van der Waals surface area contributed by atoms with Gasteiger partial charge in [-0.15, -0.1) is 11.3 Å². The van der Waals surface area contributed by atoms with Crippen LogP contribution in [0.15, 0.2) is 17.5 Å². The summed E-state index contributed by atoms with van der Waals surface area (Å²) in [5.41, 5.74) is 0.974. The number of hydrogen-bond donors (Lipinski definition) is 2. The molecule has 0 saturated carbocycles. The summed E-state index contributed by atoms with van der Waals surface area (Å²) in [4.78, 5) is 24.7. The third-order valence-corrected chi connectivity index (χ3v) is 4.50. The molecule has 2 heterocycles. The topological polar surface area (TPSA) is 80.3 Å². The Kier molecular flexibility index (Phi) is 5.29. The quantitative estimate of drug-likeness (QED) is 0.794. The number of carbonyl (C=O) groups is 2. The number of thiophene rings is 1. The number of hydrogen-bond acceptors (Lipinski definition) is 7. The molecule has 0 aliphatic rings. The third-order valence-electron chi connectivity index (χ3n) is 2.67. The van der Waals surface area contributed by atoms with Gasteiger partial charge in [0.15, 0.2) is 6.61 Å². The van der Waals surface area contributed by atoms with E-state index >= 15 is 0 Å². The molecule has 1 amide bonds. The normalized spacial score (nSPS) is 10.2. The van der Waals surface area contributed by atoms with E-state index in [1.165, 1.54) is 11.5 Å². The molecule has 0 radical (unpaired) electrons. The van der Waals surface area contributed by atoms with Gasteiger partial charge in [0.25, 0.3) is 5.91 Å². The Morgan fingerprint density at radius 2 is 2.24 bits per heavy atom. The molecule has 0 aliphatic heterocycles. The molecule has 0 bridgehead atoms. The van der Waals surface area contributed by atoms with Crippen molar-refractivity contribution in [1.82, 2.24) is 9.69 Å². The molecule has 0 saturated heterocycles. The molecule has 21 heavy (non-hydrogen) atoms. The smallest absolute Gasteiger partial charge is 0.343 e. The van der Waals surface area contributed by atoms with E-state index < -0.39 is 5.97 Å². The zero-order valence-corrected chi connectivity index (χ0v) is 13.3. The molecular weight excluding hydrogens is 310 g/mol. The van der Waals surface area contributed by atoms with Gasteiger partial charge < -0.3 is 15.4 Å². The standard InChI is InChI=1S/C13H15N3O3S2/c1-8-11(12(14-2)21-16-8)13(18)19-7-10(17)15-6-9-4-3-5-20-9/h3-5,14H,6-7H2,1-2H3,(H,15,17). The van der Waals surface area contributed by atoms with E-state index in [-0.39, 0.29) is 12.5 Å². The fraction of sp³-hybridized carbons (Fsp3) is 0.308.